The Hall–Kier alpha value is -3.01. The molecule has 0 unspecified atom stereocenters. The Balaban J connectivity index is 1.25. The highest BCUT2D eigenvalue weighted by atomic mass is 16.5. The zero-order chi connectivity index (χ0) is 19.2. The number of nitrogens with one attached hydrogen (secondary N) is 1. The third-order valence-corrected chi connectivity index (χ3v) is 5.24. The van der Waals surface area contributed by atoms with Gasteiger partial charge in [0.15, 0.2) is 6.61 Å². The maximum Gasteiger partial charge on any atom is 0.258 e. The van der Waals surface area contributed by atoms with Gasteiger partial charge in [-0.05, 0) is 59.9 Å². The van der Waals surface area contributed by atoms with Crippen molar-refractivity contribution in [3.05, 3.63) is 72.3 Å². The zero-order valence-electron chi connectivity index (χ0n) is 16.1. The van der Waals surface area contributed by atoms with E-state index in [-0.39, 0.29) is 12.5 Å². The van der Waals surface area contributed by atoms with Crippen molar-refractivity contribution in [3.63, 3.8) is 0 Å². The summed E-state index contributed by atoms with van der Waals surface area (Å²) in [5, 5.41) is 5.19. The second kappa shape index (κ2) is 8.79. The first-order valence-electron chi connectivity index (χ1n) is 10.0. The molecule has 3 aromatic carbocycles. The third kappa shape index (κ3) is 4.63. The van der Waals surface area contributed by atoms with Crippen molar-refractivity contribution in [2.45, 2.75) is 25.8 Å². The first-order valence-corrected chi connectivity index (χ1v) is 10.0. The number of rotatable bonds is 6. The van der Waals surface area contributed by atoms with Crippen LogP contribution < -0.4 is 15.0 Å². The van der Waals surface area contributed by atoms with Crippen LogP contribution in [0.3, 0.4) is 0 Å². The molecule has 1 aliphatic heterocycles. The quantitative estimate of drug-likeness (QED) is 0.689. The second-order valence-electron chi connectivity index (χ2n) is 7.29. The maximum atomic E-state index is 12.1. The van der Waals surface area contributed by atoms with Crippen LogP contribution in [0.2, 0.25) is 0 Å². The summed E-state index contributed by atoms with van der Waals surface area (Å²) in [4.78, 5) is 14.6. The molecule has 1 aliphatic rings. The molecule has 1 amide bonds. The molecule has 28 heavy (non-hydrogen) atoms. The third-order valence-electron chi connectivity index (χ3n) is 5.24. The molecule has 0 spiro atoms. The van der Waals surface area contributed by atoms with Gasteiger partial charge in [0.1, 0.15) is 5.75 Å². The lowest BCUT2D eigenvalue weighted by Gasteiger charge is -2.28. The Morgan fingerprint density at radius 2 is 1.64 bits per heavy atom. The van der Waals surface area contributed by atoms with Crippen molar-refractivity contribution in [2.75, 3.05) is 24.6 Å². The smallest absolute Gasteiger partial charge is 0.258 e. The average Bonchev–Trinajstić information content (AvgIpc) is 2.77. The molecule has 0 radical (unpaired) electrons. The molecule has 4 nitrogen and oxygen atoms in total. The highest BCUT2D eigenvalue weighted by Gasteiger charge is 2.10. The van der Waals surface area contributed by atoms with Gasteiger partial charge in [-0.3, -0.25) is 4.79 Å². The van der Waals surface area contributed by atoms with E-state index in [9.17, 15) is 4.79 Å². The highest BCUT2D eigenvalue weighted by Crippen LogP contribution is 2.21. The Kier molecular flexibility index (Phi) is 5.76. The number of hydrogen-bond acceptors (Lipinski definition) is 3. The van der Waals surface area contributed by atoms with E-state index in [1.54, 1.807) is 0 Å². The van der Waals surface area contributed by atoms with Crippen molar-refractivity contribution >= 4 is 22.4 Å². The maximum absolute atomic E-state index is 12.1. The van der Waals surface area contributed by atoms with Gasteiger partial charge in [-0.25, -0.2) is 0 Å². The van der Waals surface area contributed by atoms with E-state index in [1.165, 1.54) is 24.9 Å². The van der Waals surface area contributed by atoms with Gasteiger partial charge < -0.3 is 15.0 Å². The SMILES string of the molecule is O=C(COc1ccc2ccccc2c1)NCc1ccc(N2CCCCC2)cc1. The van der Waals surface area contributed by atoms with Crippen LogP contribution in [0.25, 0.3) is 10.8 Å². The molecule has 3 aromatic rings. The predicted molar refractivity (Wildman–Crippen MR) is 114 cm³/mol. The predicted octanol–water partition coefficient (Wildman–Crippen LogP) is 4.53. The van der Waals surface area contributed by atoms with E-state index in [0.717, 1.165) is 29.4 Å². The molecule has 1 fully saturated rings. The number of fused-ring (bicyclic) bond motifs is 1. The second-order valence-corrected chi connectivity index (χ2v) is 7.29. The van der Waals surface area contributed by atoms with E-state index in [4.69, 9.17) is 4.74 Å². The first kappa shape index (κ1) is 18.4. The van der Waals surface area contributed by atoms with E-state index >= 15 is 0 Å². The lowest BCUT2D eigenvalue weighted by molar-refractivity contribution is -0.123. The summed E-state index contributed by atoms with van der Waals surface area (Å²) >= 11 is 0. The molecule has 4 rings (SSSR count). The number of ether oxygens (including phenoxy) is 1. The summed E-state index contributed by atoms with van der Waals surface area (Å²) in [6.07, 6.45) is 3.88. The number of hydrogen-bond donors (Lipinski definition) is 1. The molecule has 1 saturated heterocycles. The average molecular weight is 374 g/mol. The van der Waals surface area contributed by atoms with Gasteiger partial charge in [-0.15, -0.1) is 0 Å². The number of benzene rings is 3. The number of carbonyl (C=O) groups is 1. The minimum atomic E-state index is -0.117. The van der Waals surface area contributed by atoms with E-state index in [0.29, 0.717) is 12.3 Å². The monoisotopic (exact) mass is 374 g/mol. The fourth-order valence-electron chi connectivity index (χ4n) is 3.63. The molecule has 0 aromatic heterocycles. The Morgan fingerprint density at radius 3 is 2.43 bits per heavy atom. The summed E-state index contributed by atoms with van der Waals surface area (Å²) in [5.74, 6) is 0.591. The lowest BCUT2D eigenvalue weighted by atomic mass is 10.1. The first-order chi connectivity index (χ1) is 13.8. The van der Waals surface area contributed by atoms with Crippen LogP contribution in [-0.2, 0) is 11.3 Å². The van der Waals surface area contributed by atoms with Crippen LogP contribution in [-0.4, -0.2) is 25.6 Å². The number of amides is 1. The molecule has 4 heteroatoms. The highest BCUT2D eigenvalue weighted by molar-refractivity contribution is 5.84. The van der Waals surface area contributed by atoms with Gasteiger partial charge in [-0.1, -0.05) is 42.5 Å². The lowest BCUT2D eigenvalue weighted by Crippen LogP contribution is -2.29. The van der Waals surface area contributed by atoms with Crippen LogP contribution in [0, 0.1) is 0 Å². The van der Waals surface area contributed by atoms with Gasteiger partial charge >= 0.3 is 0 Å². The normalized spacial score (nSPS) is 14.1. The molecule has 0 aliphatic carbocycles. The van der Waals surface area contributed by atoms with Crippen molar-refractivity contribution in [1.29, 1.82) is 0 Å². The fraction of sp³-hybridized carbons (Fsp3) is 0.292. The fourth-order valence-corrected chi connectivity index (χ4v) is 3.63. The van der Waals surface area contributed by atoms with Crippen LogP contribution in [0.5, 0.6) is 5.75 Å². The summed E-state index contributed by atoms with van der Waals surface area (Å²) in [6, 6.07) is 22.5. The minimum Gasteiger partial charge on any atom is -0.484 e. The number of carbonyl (C=O) groups excluding carboxylic acids is 1. The Bertz CT molecular complexity index is 931. The van der Waals surface area contributed by atoms with Crippen LogP contribution in [0.4, 0.5) is 5.69 Å². The molecule has 0 saturated carbocycles. The van der Waals surface area contributed by atoms with E-state index in [2.05, 4.69) is 40.5 Å². The largest absolute Gasteiger partial charge is 0.484 e. The molecule has 1 heterocycles. The van der Waals surface area contributed by atoms with Crippen LogP contribution >= 0.6 is 0 Å². The molecule has 144 valence electrons. The summed E-state index contributed by atoms with van der Waals surface area (Å²) in [7, 11) is 0. The van der Waals surface area contributed by atoms with Crippen LogP contribution in [0.15, 0.2) is 66.7 Å². The molecule has 1 N–H and O–H groups in total. The number of piperidine rings is 1. The van der Waals surface area contributed by atoms with Crippen molar-refractivity contribution in [1.82, 2.24) is 5.32 Å². The molecular weight excluding hydrogens is 348 g/mol. The number of nitrogens with zero attached hydrogens (tertiary/aromatic N) is 1. The summed E-state index contributed by atoms with van der Waals surface area (Å²) in [5.41, 5.74) is 2.37. The van der Waals surface area contributed by atoms with Gasteiger partial charge in [0, 0.05) is 25.3 Å². The molecule has 0 bridgehead atoms. The summed E-state index contributed by atoms with van der Waals surface area (Å²) < 4.78 is 5.64. The van der Waals surface area contributed by atoms with Crippen molar-refractivity contribution in [3.8, 4) is 5.75 Å². The van der Waals surface area contributed by atoms with E-state index < -0.39 is 0 Å². The molecule has 0 atom stereocenters. The van der Waals surface area contributed by atoms with Gasteiger partial charge in [0.05, 0.1) is 0 Å². The molecular formula is C24H26N2O2. The van der Waals surface area contributed by atoms with Gasteiger partial charge in [0.2, 0.25) is 0 Å². The summed E-state index contributed by atoms with van der Waals surface area (Å²) in [6.45, 7) is 2.81. The minimum absolute atomic E-state index is 0.0181. The van der Waals surface area contributed by atoms with Crippen molar-refractivity contribution in [2.24, 2.45) is 0 Å². The van der Waals surface area contributed by atoms with Gasteiger partial charge in [0.25, 0.3) is 5.91 Å². The standard InChI is InChI=1S/C24H26N2O2/c27-24(18-28-23-13-10-20-6-2-3-7-21(20)16-23)25-17-19-8-11-22(12-9-19)26-14-4-1-5-15-26/h2-3,6-13,16H,1,4-5,14-15,17-18H2,(H,25,27). The topological polar surface area (TPSA) is 41.6 Å². The van der Waals surface area contributed by atoms with Gasteiger partial charge in [-0.2, -0.15) is 0 Å². The number of anilines is 1. The van der Waals surface area contributed by atoms with Crippen LogP contribution in [0.1, 0.15) is 24.8 Å². The Labute approximate surface area is 166 Å². The van der Waals surface area contributed by atoms with E-state index in [1.807, 2.05) is 36.4 Å². The Morgan fingerprint density at radius 1 is 0.893 bits per heavy atom. The zero-order valence-corrected chi connectivity index (χ0v) is 16.1. The van der Waals surface area contributed by atoms with Crippen molar-refractivity contribution < 1.29 is 9.53 Å².